The van der Waals surface area contributed by atoms with Gasteiger partial charge in [-0.1, -0.05) is 12.1 Å². The second kappa shape index (κ2) is 5.70. The van der Waals surface area contributed by atoms with E-state index in [4.69, 9.17) is 4.74 Å². The van der Waals surface area contributed by atoms with E-state index in [1.807, 2.05) is 48.6 Å². The van der Waals surface area contributed by atoms with Gasteiger partial charge in [0, 0.05) is 32.3 Å². The van der Waals surface area contributed by atoms with Crippen molar-refractivity contribution in [2.45, 2.75) is 5.92 Å². The van der Waals surface area contributed by atoms with E-state index in [1.165, 1.54) is 0 Å². The first kappa shape index (κ1) is 14.3. The summed E-state index contributed by atoms with van der Waals surface area (Å²) >= 11 is 0. The van der Waals surface area contributed by atoms with Crippen molar-refractivity contribution in [3.63, 3.8) is 0 Å². The molecule has 0 saturated carbocycles. The van der Waals surface area contributed by atoms with Crippen LogP contribution < -0.4 is 15.0 Å². The third kappa shape index (κ3) is 2.49. The highest BCUT2D eigenvalue weighted by Crippen LogP contribution is 2.35. The van der Waals surface area contributed by atoms with E-state index in [0.717, 1.165) is 23.5 Å². The predicted octanol–water partition coefficient (Wildman–Crippen LogP) is 1.15. The molecular weight excluding hydrogens is 292 g/mol. The molecule has 2 atom stereocenters. The van der Waals surface area contributed by atoms with Crippen LogP contribution in [0, 0.1) is 5.92 Å². The quantitative estimate of drug-likeness (QED) is 0.904. The van der Waals surface area contributed by atoms with Gasteiger partial charge in [-0.15, -0.1) is 0 Å². The average molecular weight is 312 g/mol. The standard InChI is InChI=1S/C17H20N4O2/c1-20-11-12(8-19-20)13-9-18-10-14(13)17(22)21-6-7-23-16-5-3-2-4-15(16)21/h2-5,8,11,13-14,18H,6-7,9-10H2,1H3/t13-,14+/m1/s1. The number of fused-ring (bicyclic) bond motifs is 1. The molecule has 4 rings (SSSR count). The second-order valence-corrected chi connectivity index (χ2v) is 6.12. The summed E-state index contributed by atoms with van der Waals surface area (Å²) in [5.74, 6) is 1.06. The molecule has 1 fully saturated rings. The zero-order chi connectivity index (χ0) is 15.8. The Morgan fingerprint density at radius 2 is 2.22 bits per heavy atom. The predicted molar refractivity (Wildman–Crippen MR) is 86.6 cm³/mol. The first-order chi connectivity index (χ1) is 11.2. The molecule has 0 spiro atoms. The molecule has 2 aliphatic rings. The largest absolute Gasteiger partial charge is 0.490 e. The summed E-state index contributed by atoms with van der Waals surface area (Å²) in [6.07, 6.45) is 3.87. The van der Waals surface area contributed by atoms with Gasteiger partial charge in [0.2, 0.25) is 5.91 Å². The fourth-order valence-corrected chi connectivity index (χ4v) is 3.52. The molecule has 0 aliphatic carbocycles. The van der Waals surface area contributed by atoms with Gasteiger partial charge >= 0.3 is 0 Å². The van der Waals surface area contributed by atoms with Gasteiger partial charge in [-0.25, -0.2) is 0 Å². The molecule has 2 aliphatic heterocycles. The van der Waals surface area contributed by atoms with Gasteiger partial charge in [0.1, 0.15) is 12.4 Å². The lowest BCUT2D eigenvalue weighted by molar-refractivity contribution is -0.122. The Bertz CT molecular complexity index is 727. The Morgan fingerprint density at radius 3 is 3.04 bits per heavy atom. The van der Waals surface area contributed by atoms with E-state index in [2.05, 4.69) is 10.4 Å². The highest BCUT2D eigenvalue weighted by Gasteiger charge is 2.38. The minimum atomic E-state index is -0.0645. The maximum atomic E-state index is 13.2. The molecule has 0 unspecified atom stereocenters. The maximum Gasteiger partial charge on any atom is 0.232 e. The summed E-state index contributed by atoms with van der Waals surface area (Å²) in [5, 5.41) is 7.61. The number of amides is 1. The van der Waals surface area contributed by atoms with Gasteiger partial charge in [0.15, 0.2) is 0 Å². The Hall–Kier alpha value is -2.34. The number of benzene rings is 1. The number of rotatable bonds is 2. The molecule has 2 aromatic rings. The number of nitrogens with one attached hydrogen (secondary N) is 1. The normalized spacial score (nSPS) is 23.4. The first-order valence-electron chi connectivity index (χ1n) is 7.96. The van der Waals surface area contributed by atoms with E-state index >= 15 is 0 Å². The van der Waals surface area contributed by atoms with E-state index in [9.17, 15) is 4.79 Å². The van der Waals surface area contributed by atoms with E-state index < -0.39 is 0 Å². The fourth-order valence-electron chi connectivity index (χ4n) is 3.52. The van der Waals surface area contributed by atoms with Gasteiger partial charge in [-0.2, -0.15) is 5.10 Å². The van der Waals surface area contributed by atoms with Crippen molar-refractivity contribution in [1.82, 2.24) is 15.1 Å². The number of nitrogens with zero attached hydrogens (tertiary/aromatic N) is 3. The number of carbonyl (C=O) groups is 1. The molecule has 23 heavy (non-hydrogen) atoms. The van der Waals surface area contributed by atoms with Crippen molar-refractivity contribution in [3.05, 3.63) is 42.2 Å². The van der Waals surface area contributed by atoms with Crippen LogP contribution in [0.3, 0.4) is 0 Å². The monoisotopic (exact) mass is 312 g/mol. The molecule has 1 saturated heterocycles. The average Bonchev–Trinajstić information content (AvgIpc) is 3.22. The van der Waals surface area contributed by atoms with Crippen molar-refractivity contribution < 1.29 is 9.53 Å². The number of ether oxygens (including phenoxy) is 1. The molecule has 1 N–H and O–H groups in total. The molecule has 0 bridgehead atoms. The minimum absolute atomic E-state index is 0.0645. The summed E-state index contributed by atoms with van der Waals surface area (Å²) in [4.78, 5) is 15.0. The highest BCUT2D eigenvalue weighted by atomic mass is 16.5. The van der Waals surface area contributed by atoms with E-state index in [0.29, 0.717) is 19.7 Å². The van der Waals surface area contributed by atoms with Crippen molar-refractivity contribution in [2.24, 2.45) is 13.0 Å². The van der Waals surface area contributed by atoms with Crippen molar-refractivity contribution in [1.29, 1.82) is 0 Å². The molecule has 3 heterocycles. The van der Waals surface area contributed by atoms with Crippen LogP contribution in [-0.2, 0) is 11.8 Å². The smallest absolute Gasteiger partial charge is 0.232 e. The third-order valence-corrected chi connectivity index (χ3v) is 4.68. The summed E-state index contributed by atoms with van der Waals surface area (Å²) in [6, 6.07) is 7.75. The van der Waals surface area contributed by atoms with Gasteiger partial charge < -0.3 is 15.0 Å². The number of anilines is 1. The maximum absolute atomic E-state index is 13.2. The summed E-state index contributed by atoms with van der Waals surface area (Å²) in [5.41, 5.74) is 2.00. The van der Waals surface area contributed by atoms with E-state index in [1.54, 1.807) is 4.68 Å². The Balaban J connectivity index is 1.62. The highest BCUT2D eigenvalue weighted by molar-refractivity contribution is 5.97. The zero-order valence-electron chi connectivity index (χ0n) is 13.1. The Kier molecular flexibility index (Phi) is 3.53. The molecule has 1 aromatic heterocycles. The zero-order valence-corrected chi connectivity index (χ0v) is 13.1. The number of hydrogen-bond acceptors (Lipinski definition) is 4. The van der Waals surface area contributed by atoms with Gasteiger partial charge in [-0.05, 0) is 17.7 Å². The lowest BCUT2D eigenvalue weighted by atomic mass is 9.89. The van der Waals surface area contributed by atoms with Crippen LogP contribution >= 0.6 is 0 Å². The number of aryl methyl sites for hydroxylation is 1. The summed E-state index contributed by atoms with van der Waals surface area (Å²) < 4.78 is 7.45. The molecule has 1 aromatic carbocycles. The molecule has 0 radical (unpaired) electrons. The van der Waals surface area contributed by atoms with Crippen LogP contribution in [-0.4, -0.2) is 41.9 Å². The second-order valence-electron chi connectivity index (χ2n) is 6.12. The molecule has 1 amide bonds. The number of aromatic nitrogens is 2. The SMILES string of the molecule is Cn1cc([C@H]2CNC[C@@H]2C(=O)N2CCOc3ccccc32)cn1. The Morgan fingerprint density at radius 1 is 1.35 bits per heavy atom. The fraction of sp³-hybridized carbons (Fsp3) is 0.412. The van der Waals surface area contributed by atoms with Crippen LogP contribution in [0.15, 0.2) is 36.7 Å². The van der Waals surface area contributed by atoms with Crippen LogP contribution in [0.2, 0.25) is 0 Å². The summed E-state index contributed by atoms with van der Waals surface area (Å²) in [7, 11) is 1.90. The number of hydrogen-bond donors (Lipinski definition) is 1. The van der Waals surface area contributed by atoms with Crippen LogP contribution in [0.4, 0.5) is 5.69 Å². The topological polar surface area (TPSA) is 59.4 Å². The van der Waals surface area contributed by atoms with E-state index in [-0.39, 0.29) is 17.7 Å². The summed E-state index contributed by atoms with van der Waals surface area (Å²) in [6.45, 7) is 2.67. The molecule has 6 nitrogen and oxygen atoms in total. The Labute approximate surface area is 135 Å². The van der Waals surface area contributed by atoms with Gasteiger partial charge in [-0.3, -0.25) is 9.48 Å². The van der Waals surface area contributed by atoms with Crippen molar-refractivity contribution in [3.8, 4) is 5.75 Å². The lowest BCUT2D eigenvalue weighted by Gasteiger charge is -2.32. The molecule has 120 valence electrons. The van der Waals surface area contributed by atoms with Crippen molar-refractivity contribution in [2.75, 3.05) is 31.1 Å². The number of para-hydroxylation sites is 2. The first-order valence-corrected chi connectivity index (χ1v) is 7.96. The van der Waals surface area contributed by atoms with Gasteiger partial charge in [0.05, 0.1) is 24.3 Å². The minimum Gasteiger partial charge on any atom is -0.490 e. The molecular formula is C17H20N4O2. The van der Waals surface area contributed by atoms with Gasteiger partial charge in [0.25, 0.3) is 0 Å². The van der Waals surface area contributed by atoms with Crippen molar-refractivity contribution >= 4 is 11.6 Å². The molecule has 6 heteroatoms. The van der Waals surface area contributed by atoms with Crippen LogP contribution in [0.25, 0.3) is 0 Å². The van der Waals surface area contributed by atoms with Crippen LogP contribution in [0.5, 0.6) is 5.75 Å². The van der Waals surface area contributed by atoms with Crippen LogP contribution in [0.1, 0.15) is 11.5 Å². The number of carbonyl (C=O) groups excluding carboxylic acids is 1. The third-order valence-electron chi connectivity index (χ3n) is 4.68. The lowest BCUT2D eigenvalue weighted by Crippen LogP contribution is -2.43.